The fourth-order valence-corrected chi connectivity index (χ4v) is 6.58. The molecule has 4 aromatic rings. The fourth-order valence-electron chi connectivity index (χ4n) is 4.85. The Bertz CT molecular complexity index is 1610. The Morgan fingerprint density at radius 3 is 2.74 bits per heavy atom. The zero-order valence-electron chi connectivity index (χ0n) is 18.8. The first kappa shape index (κ1) is 21.1. The number of aryl methyl sites for hydroxylation is 1. The molecule has 2 aliphatic rings. The molecule has 0 N–H and O–H groups in total. The smallest absolute Gasteiger partial charge is 0.271 e. The maximum atomic E-state index is 13.8. The van der Waals surface area contributed by atoms with Crippen LogP contribution in [0.5, 0.6) is 11.5 Å². The van der Waals surface area contributed by atoms with E-state index >= 15 is 0 Å². The van der Waals surface area contributed by atoms with Crippen LogP contribution in [0.25, 0.3) is 11.8 Å². The number of aromatic nitrogens is 1. The average Bonchev–Trinajstić information content (AvgIpc) is 3.50. The van der Waals surface area contributed by atoms with Crippen LogP contribution in [-0.2, 0) is 6.42 Å². The van der Waals surface area contributed by atoms with Crippen molar-refractivity contribution in [2.75, 3.05) is 14.2 Å². The highest BCUT2D eigenvalue weighted by Gasteiger charge is 2.34. The predicted octanol–water partition coefficient (Wildman–Crippen LogP) is 4.40. The van der Waals surface area contributed by atoms with Crippen LogP contribution in [0.15, 0.2) is 75.3 Å². The molecule has 1 aliphatic carbocycles. The number of methoxy groups -OCH3 is 2. The van der Waals surface area contributed by atoms with Gasteiger partial charge in [-0.3, -0.25) is 9.36 Å². The van der Waals surface area contributed by atoms with Crippen LogP contribution in [0.2, 0.25) is 0 Å². The molecule has 0 spiro atoms. The topological polar surface area (TPSA) is 52.8 Å². The van der Waals surface area contributed by atoms with Crippen LogP contribution >= 0.6 is 22.7 Å². The lowest BCUT2D eigenvalue weighted by Crippen LogP contribution is -2.39. The van der Waals surface area contributed by atoms with Gasteiger partial charge in [0.1, 0.15) is 11.5 Å². The molecule has 1 aliphatic heterocycles. The molecular formula is C27H22N2O3S2. The first-order valence-corrected chi connectivity index (χ1v) is 12.8. The van der Waals surface area contributed by atoms with Crippen LogP contribution in [0.1, 0.15) is 34.0 Å². The molecular weight excluding hydrogens is 464 g/mol. The number of thiazole rings is 1. The molecule has 2 aromatic heterocycles. The van der Waals surface area contributed by atoms with Crippen LogP contribution in [0.4, 0.5) is 0 Å². The van der Waals surface area contributed by atoms with Crippen molar-refractivity contribution in [1.82, 2.24) is 4.57 Å². The molecule has 0 fully saturated rings. The average molecular weight is 487 g/mol. The van der Waals surface area contributed by atoms with Gasteiger partial charge < -0.3 is 9.47 Å². The van der Waals surface area contributed by atoms with Gasteiger partial charge in [-0.1, -0.05) is 41.7 Å². The second kappa shape index (κ2) is 8.42. The van der Waals surface area contributed by atoms with Crippen LogP contribution in [-0.4, -0.2) is 18.8 Å². The van der Waals surface area contributed by atoms with E-state index in [1.165, 1.54) is 16.9 Å². The highest BCUT2D eigenvalue weighted by Crippen LogP contribution is 2.44. The number of allylic oxidation sites excluding steroid dienone is 1. The van der Waals surface area contributed by atoms with Crippen molar-refractivity contribution < 1.29 is 9.47 Å². The van der Waals surface area contributed by atoms with Gasteiger partial charge in [-0.15, -0.1) is 11.3 Å². The molecule has 1 unspecified atom stereocenters. The number of ether oxygens (including phenoxy) is 2. The summed E-state index contributed by atoms with van der Waals surface area (Å²) in [6, 6.07) is 17.9. The largest absolute Gasteiger partial charge is 0.497 e. The highest BCUT2D eigenvalue weighted by molar-refractivity contribution is 7.11. The summed E-state index contributed by atoms with van der Waals surface area (Å²) < 4.78 is 13.8. The third-order valence-corrected chi connectivity index (χ3v) is 8.22. The molecule has 170 valence electrons. The molecule has 0 radical (unpaired) electrons. The zero-order chi connectivity index (χ0) is 23.2. The second-order valence-corrected chi connectivity index (χ2v) is 10.2. The van der Waals surface area contributed by atoms with Crippen molar-refractivity contribution in [3.63, 3.8) is 0 Å². The molecule has 6 rings (SSSR count). The van der Waals surface area contributed by atoms with Gasteiger partial charge in [-0.05, 0) is 59.7 Å². The molecule has 2 aromatic carbocycles. The minimum Gasteiger partial charge on any atom is -0.497 e. The lowest BCUT2D eigenvalue weighted by molar-refractivity contribution is 0.392. The van der Waals surface area contributed by atoms with Gasteiger partial charge in [-0.2, -0.15) is 0 Å². The summed E-state index contributed by atoms with van der Waals surface area (Å²) in [5.41, 5.74) is 5.43. The molecule has 3 heterocycles. The summed E-state index contributed by atoms with van der Waals surface area (Å²) in [7, 11) is 3.32. The normalized spacial score (nSPS) is 17.0. The van der Waals surface area contributed by atoms with Crippen LogP contribution in [0, 0.1) is 0 Å². The van der Waals surface area contributed by atoms with E-state index < -0.39 is 0 Å². The number of nitrogens with zero attached hydrogens (tertiary/aromatic N) is 2. The second-order valence-electron chi connectivity index (χ2n) is 8.24. The summed E-state index contributed by atoms with van der Waals surface area (Å²) >= 11 is 3.06. The fraction of sp³-hybridized carbons (Fsp3) is 0.185. The van der Waals surface area contributed by atoms with Gasteiger partial charge >= 0.3 is 0 Å². The minimum absolute atomic E-state index is 0.0302. The van der Waals surface area contributed by atoms with Gasteiger partial charge in [-0.25, -0.2) is 4.99 Å². The Kier molecular flexibility index (Phi) is 5.23. The summed E-state index contributed by atoms with van der Waals surface area (Å²) in [6.45, 7) is 0. The Balaban J connectivity index is 1.68. The molecule has 5 nitrogen and oxygen atoms in total. The molecule has 1 atom stereocenters. The van der Waals surface area contributed by atoms with Gasteiger partial charge in [0.15, 0.2) is 4.80 Å². The Morgan fingerprint density at radius 2 is 1.94 bits per heavy atom. The molecule has 0 amide bonds. The molecule has 0 saturated carbocycles. The van der Waals surface area contributed by atoms with E-state index in [4.69, 9.17) is 14.5 Å². The van der Waals surface area contributed by atoms with E-state index in [2.05, 4.69) is 24.3 Å². The van der Waals surface area contributed by atoms with Crippen molar-refractivity contribution in [3.05, 3.63) is 107 Å². The van der Waals surface area contributed by atoms with E-state index in [0.29, 0.717) is 9.33 Å². The minimum atomic E-state index is -0.310. The first-order chi connectivity index (χ1) is 16.7. The lowest BCUT2D eigenvalue weighted by Gasteiger charge is -2.31. The Hall–Kier alpha value is -3.42. The van der Waals surface area contributed by atoms with E-state index in [-0.39, 0.29) is 11.6 Å². The molecule has 0 saturated heterocycles. The summed E-state index contributed by atoms with van der Waals surface area (Å²) in [5.74, 6) is 1.46. The SMILES string of the molecule is COc1ccc(OC)c(C2C3=C(N=c4sc(=Cc5cccs5)c(=O)n42)c2ccccc2CC3)c1. The van der Waals surface area contributed by atoms with E-state index in [9.17, 15) is 4.79 Å². The Morgan fingerprint density at radius 1 is 1.06 bits per heavy atom. The number of hydrogen-bond acceptors (Lipinski definition) is 6. The summed E-state index contributed by atoms with van der Waals surface area (Å²) in [4.78, 5) is 20.6. The zero-order valence-corrected chi connectivity index (χ0v) is 20.4. The number of thiophene rings is 1. The van der Waals surface area contributed by atoms with Gasteiger partial charge in [0, 0.05) is 16.0 Å². The lowest BCUT2D eigenvalue weighted by atomic mass is 9.83. The van der Waals surface area contributed by atoms with Crippen LogP contribution in [0.3, 0.4) is 0 Å². The third kappa shape index (κ3) is 3.35. The number of hydrogen-bond donors (Lipinski definition) is 0. The van der Waals surface area contributed by atoms with Crippen molar-refractivity contribution in [2.24, 2.45) is 4.99 Å². The number of rotatable bonds is 4. The molecule has 34 heavy (non-hydrogen) atoms. The maximum absolute atomic E-state index is 13.8. The van der Waals surface area contributed by atoms with Crippen molar-refractivity contribution in [2.45, 2.75) is 18.9 Å². The van der Waals surface area contributed by atoms with Gasteiger partial charge in [0.2, 0.25) is 0 Å². The van der Waals surface area contributed by atoms with Crippen molar-refractivity contribution >= 4 is 34.4 Å². The quantitative estimate of drug-likeness (QED) is 0.430. The maximum Gasteiger partial charge on any atom is 0.271 e. The van der Waals surface area contributed by atoms with Crippen molar-refractivity contribution in [1.29, 1.82) is 0 Å². The third-order valence-electron chi connectivity index (χ3n) is 6.42. The van der Waals surface area contributed by atoms with Crippen LogP contribution < -0.4 is 24.4 Å². The molecule has 7 heteroatoms. The van der Waals surface area contributed by atoms with Crippen molar-refractivity contribution in [3.8, 4) is 11.5 Å². The van der Waals surface area contributed by atoms with E-state index in [1.807, 2.05) is 46.4 Å². The van der Waals surface area contributed by atoms with Gasteiger partial charge in [0.05, 0.1) is 30.5 Å². The summed E-state index contributed by atoms with van der Waals surface area (Å²) in [6.07, 6.45) is 3.70. The monoisotopic (exact) mass is 486 g/mol. The first-order valence-electron chi connectivity index (χ1n) is 11.1. The summed E-state index contributed by atoms with van der Waals surface area (Å²) in [5, 5.41) is 2.02. The standard InChI is InChI=1S/C27H22N2O3S2/c1-31-17-10-12-22(32-2)21(14-17)25-20-11-9-16-6-3-4-8-19(16)24(20)28-27-29(25)26(30)23(34-27)15-18-7-5-13-33-18/h3-8,10,12-15,25H,9,11H2,1-2H3. The molecule has 0 bridgehead atoms. The number of fused-ring (bicyclic) bond motifs is 3. The van der Waals surface area contributed by atoms with E-state index in [0.717, 1.165) is 51.6 Å². The highest BCUT2D eigenvalue weighted by atomic mass is 32.1. The van der Waals surface area contributed by atoms with E-state index in [1.54, 1.807) is 25.6 Å². The Labute approximate surface area is 204 Å². The number of benzene rings is 2. The van der Waals surface area contributed by atoms with Gasteiger partial charge in [0.25, 0.3) is 5.56 Å². The predicted molar refractivity (Wildman–Crippen MR) is 137 cm³/mol.